The molecule has 11 heavy (non-hydrogen) atoms. The molecule has 66 valence electrons. The fourth-order valence-electron chi connectivity index (χ4n) is 0.916. The molecule has 0 saturated heterocycles. The van der Waals surface area contributed by atoms with Gasteiger partial charge in [0.15, 0.2) is 0 Å². The Balaban J connectivity index is 4.14. The van der Waals surface area contributed by atoms with E-state index in [1.54, 1.807) is 0 Å². The van der Waals surface area contributed by atoms with Crippen molar-refractivity contribution in [2.45, 2.75) is 28.2 Å². The van der Waals surface area contributed by atoms with Crippen molar-refractivity contribution in [3.05, 3.63) is 11.6 Å². The van der Waals surface area contributed by atoms with Gasteiger partial charge in [0.2, 0.25) is 0 Å². The number of alkyl halides is 2. The highest BCUT2D eigenvalue weighted by atomic mass is 127. The third-order valence-electron chi connectivity index (χ3n) is 1.74. The minimum absolute atomic E-state index is 0.520. The van der Waals surface area contributed by atoms with E-state index in [0.717, 1.165) is 6.42 Å². The second kappa shape index (κ2) is 6.65. The first-order valence-electron chi connectivity index (χ1n) is 3.77. The van der Waals surface area contributed by atoms with E-state index in [1.807, 2.05) is 7.05 Å². The summed E-state index contributed by atoms with van der Waals surface area (Å²) in [5.74, 6) is 0. The van der Waals surface area contributed by atoms with Gasteiger partial charge in [-0.25, -0.2) is 0 Å². The van der Waals surface area contributed by atoms with E-state index in [9.17, 15) is 0 Å². The first-order chi connectivity index (χ1) is 5.11. The van der Waals surface area contributed by atoms with Crippen LogP contribution in [-0.2, 0) is 0 Å². The maximum atomic E-state index is 3.25. The zero-order chi connectivity index (χ0) is 8.85. The zero-order valence-electron chi connectivity index (χ0n) is 7.20. The summed E-state index contributed by atoms with van der Waals surface area (Å²) in [7, 11) is 2.00. The molecule has 0 amide bonds. The third-order valence-corrected chi connectivity index (χ3v) is 2.46. The fourth-order valence-corrected chi connectivity index (χ4v) is 1.84. The van der Waals surface area contributed by atoms with Gasteiger partial charge in [0, 0.05) is 6.04 Å². The van der Waals surface area contributed by atoms with E-state index in [2.05, 4.69) is 70.4 Å². The van der Waals surface area contributed by atoms with Gasteiger partial charge in [-0.1, -0.05) is 63.8 Å². The topological polar surface area (TPSA) is 12.0 Å². The van der Waals surface area contributed by atoms with Crippen LogP contribution in [0.2, 0.25) is 0 Å². The van der Waals surface area contributed by atoms with E-state index in [4.69, 9.17) is 0 Å². The normalized spacial score (nSPS) is 15.6. The van der Waals surface area contributed by atoms with E-state index in [1.165, 1.54) is 5.57 Å². The number of hydrogen-bond donors (Lipinski definition) is 1. The average molecular weight is 379 g/mol. The summed E-state index contributed by atoms with van der Waals surface area (Å²) in [5, 5.41) is 3.25. The van der Waals surface area contributed by atoms with Crippen LogP contribution in [0.25, 0.3) is 0 Å². The molecule has 0 fully saturated rings. The Kier molecular flexibility index (Phi) is 7.35. The molecular formula is C8H15I2N. The second-order valence-corrected chi connectivity index (χ2v) is 7.51. The number of allylic oxidation sites excluding steroid dienone is 1. The first kappa shape index (κ1) is 12.2. The second-order valence-electron chi connectivity index (χ2n) is 2.44. The number of nitrogens with one attached hydrogen (secondary N) is 1. The number of halogens is 2. The zero-order valence-corrected chi connectivity index (χ0v) is 11.5. The van der Waals surface area contributed by atoms with Crippen molar-refractivity contribution in [1.82, 2.24) is 5.32 Å². The summed E-state index contributed by atoms with van der Waals surface area (Å²) in [4.78, 5) is 0. The Labute approximate surface area is 96.7 Å². The Morgan fingerprint density at radius 1 is 1.55 bits per heavy atom. The largest absolute Gasteiger partial charge is 0.314 e. The van der Waals surface area contributed by atoms with Crippen LogP contribution in [0.15, 0.2) is 11.6 Å². The van der Waals surface area contributed by atoms with E-state index >= 15 is 0 Å². The molecule has 0 bridgehead atoms. The fraction of sp³-hybridized carbons (Fsp3) is 0.750. The molecule has 1 unspecified atom stereocenters. The Bertz CT molecular complexity index is 132. The molecular weight excluding hydrogens is 364 g/mol. The molecule has 0 rings (SSSR count). The standard InChI is InChI=1S/C8H15I2N/c1-4-7(5-8(9)10)6(2)11-3/h5-6,8,11H,4H2,1-3H3/b7-5+. The number of likely N-dealkylation sites (N-methyl/N-ethyl adjacent to an activating group) is 1. The molecule has 1 atom stereocenters. The molecule has 0 heterocycles. The Hall–Kier alpha value is 1.16. The summed E-state index contributed by atoms with van der Waals surface area (Å²) in [6.07, 6.45) is 3.47. The summed E-state index contributed by atoms with van der Waals surface area (Å²) in [5.41, 5.74) is 1.50. The van der Waals surface area contributed by atoms with Gasteiger partial charge in [0.25, 0.3) is 0 Å². The summed E-state index contributed by atoms with van der Waals surface area (Å²) < 4.78 is 0.607. The monoisotopic (exact) mass is 379 g/mol. The Morgan fingerprint density at radius 3 is 2.36 bits per heavy atom. The SMILES string of the molecule is CC/C(=C\C(I)I)C(C)NC. The molecule has 0 aromatic heterocycles. The molecule has 0 spiro atoms. The van der Waals surface area contributed by atoms with E-state index < -0.39 is 0 Å². The lowest BCUT2D eigenvalue weighted by atomic mass is 10.1. The van der Waals surface area contributed by atoms with Crippen molar-refractivity contribution in [3.8, 4) is 0 Å². The average Bonchev–Trinajstić information content (AvgIpc) is 1.98. The van der Waals surface area contributed by atoms with Crippen LogP contribution in [-0.4, -0.2) is 15.0 Å². The highest BCUT2D eigenvalue weighted by Gasteiger charge is 2.04. The quantitative estimate of drug-likeness (QED) is 0.450. The maximum absolute atomic E-state index is 3.25. The maximum Gasteiger partial charge on any atom is 0.0809 e. The molecule has 0 saturated carbocycles. The summed E-state index contributed by atoms with van der Waals surface area (Å²) >= 11 is 4.83. The van der Waals surface area contributed by atoms with Crippen LogP contribution in [0.3, 0.4) is 0 Å². The lowest BCUT2D eigenvalue weighted by Crippen LogP contribution is -2.23. The highest BCUT2D eigenvalue weighted by molar-refractivity contribution is 14.2. The van der Waals surface area contributed by atoms with Crippen LogP contribution < -0.4 is 5.32 Å². The summed E-state index contributed by atoms with van der Waals surface area (Å²) in [6, 6.07) is 0.520. The van der Waals surface area contributed by atoms with Crippen LogP contribution >= 0.6 is 45.2 Å². The number of rotatable bonds is 4. The first-order valence-corrected chi connectivity index (χ1v) is 6.27. The van der Waals surface area contributed by atoms with E-state index in [0.29, 0.717) is 7.97 Å². The minimum atomic E-state index is 0.520. The van der Waals surface area contributed by atoms with Gasteiger partial charge in [-0.3, -0.25) is 0 Å². The third kappa shape index (κ3) is 5.41. The van der Waals surface area contributed by atoms with Gasteiger partial charge in [-0.05, 0) is 20.4 Å². The molecule has 0 aliphatic heterocycles. The van der Waals surface area contributed by atoms with Crippen LogP contribution in [0.5, 0.6) is 0 Å². The molecule has 0 aromatic carbocycles. The van der Waals surface area contributed by atoms with Crippen molar-refractivity contribution in [2.24, 2.45) is 0 Å². The van der Waals surface area contributed by atoms with Gasteiger partial charge < -0.3 is 5.32 Å². The van der Waals surface area contributed by atoms with Crippen molar-refractivity contribution in [1.29, 1.82) is 0 Å². The molecule has 3 heteroatoms. The van der Waals surface area contributed by atoms with Crippen molar-refractivity contribution < 1.29 is 0 Å². The van der Waals surface area contributed by atoms with Crippen molar-refractivity contribution in [3.63, 3.8) is 0 Å². The van der Waals surface area contributed by atoms with Crippen molar-refractivity contribution in [2.75, 3.05) is 7.05 Å². The highest BCUT2D eigenvalue weighted by Crippen LogP contribution is 2.17. The molecule has 0 aromatic rings. The molecule has 0 aliphatic rings. The lowest BCUT2D eigenvalue weighted by molar-refractivity contribution is 0.670. The van der Waals surface area contributed by atoms with Gasteiger partial charge in [-0.2, -0.15) is 0 Å². The van der Waals surface area contributed by atoms with Gasteiger partial charge in [0.1, 0.15) is 0 Å². The van der Waals surface area contributed by atoms with Crippen molar-refractivity contribution >= 4 is 45.2 Å². The molecule has 1 N–H and O–H groups in total. The minimum Gasteiger partial charge on any atom is -0.314 e. The molecule has 1 nitrogen and oxygen atoms in total. The number of hydrogen-bond acceptors (Lipinski definition) is 1. The van der Waals surface area contributed by atoms with Gasteiger partial charge in [0.05, 0.1) is 1.93 Å². The molecule has 0 aliphatic carbocycles. The van der Waals surface area contributed by atoms with Gasteiger partial charge in [-0.15, -0.1) is 0 Å². The summed E-state index contributed by atoms with van der Waals surface area (Å²) in [6.45, 7) is 4.40. The smallest absolute Gasteiger partial charge is 0.0809 e. The van der Waals surface area contributed by atoms with Crippen LogP contribution in [0, 0.1) is 0 Å². The van der Waals surface area contributed by atoms with Gasteiger partial charge >= 0.3 is 0 Å². The van der Waals surface area contributed by atoms with Crippen LogP contribution in [0.1, 0.15) is 20.3 Å². The lowest BCUT2D eigenvalue weighted by Gasteiger charge is -2.13. The Morgan fingerprint density at radius 2 is 2.09 bits per heavy atom. The molecule has 0 radical (unpaired) electrons. The predicted molar refractivity (Wildman–Crippen MR) is 68.7 cm³/mol. The van der Waals surface area contributed by atoms with Crippen LogP contribution in [0.4, 0.5) is 0 Å². The van der Waals surface area contributed by atoms with E-state index in [-0.39, 0.29) is 0 Å². The predicted octanol–water partition coefficient (Wildman–Crippen LogP) is 3.13.